The van der Waals surface area contributed by atoms with Crippen LogP contribution in [0, 0.1) is 13.8 Å². The van der Waals surface area contributed by atoms with Crippen LogP contribution in [0.15, 0.2) is 42.5 Å². The predicted octanol–water partition coefficient (Wildman–Crippen LogP) is 4.21. The van der Waals surface area contributed by atoms with Crippen molar-refractivity contribution < 1.29 is 0 Å². The number of fused-ring (bicyclic) bond motifs is 3. The highest BCUT2D eigenvalue weighted by atomic mass is 35.5. The van der Waals surface area contributed by atoms with Gasteiger partial charge in [0.25, 0.3) is 0 Å². The third-order valence-electron chi connectivity index (χ3n) is 3.83. The van der Waals surface area contributed by atoms with Crippen molar-refractivity contribution in [3.63, 3.8) is 0 Å². The van der Waals surface area contributed by atoms with E-state index in [1.807, 2.05) is 47.7 Å². The first-order valence-electron chi connectivity index (χ1n) is 7.03. The maximum Gasteiger partial charge on any atom is 0.183 e. The van der Waals surface area contributed by atoms with Gasteiger partial charge in [-0.15, -0.1) is 10.2 Å². The Morgan fingerprint density at radius 3 is 2.59 bits per heavy atom. The number of aryl methyl sites for hydroxylation is 2. The molecule has 0 unspecified atom stereocenters. The highest BCUT2D eigenvalue weighted by molar-refractivity contribution is 6.33. The summed E-state index contributed by atoms with van der Waals surface area (Å²) in [5.74, 6) is 0.741. The zero-order valence-electron chi connectivity index (χ0n) is 12.2. The van der Waals surface area contributed by atoms with Gasteiger partial charge < -0.3 is 0 Å². The van der Waals surface area contributed by atoms with Gasteiger partial charge in [-0.1, -0.05) is 35.9 Å². The third kappa shape index (κ3) is 1.81. The van der Waals surface area contributed by atoms with Crippen LogP contribution in [0.4, 0.5) is 0 Å². The first kappa shape index (κ1) is 13.2. The Hall–Kier alpha value is -2.46. The molecule has 0 radical (unpaired) electrons. The number of hydrogen-bond acceptors (Lipinski definition) is 3. The standard InChI is InChI=1S/C17H13ClN4/c1-10-6-5-9-14-15(10)22-16(11(2)19-14)20-21-17(22)12-7-3-4-8-13(12)18/h3-9H,1-2H3. The molecule has 0 amide bonds. The minimum Gasteiger partial charge on any atom is -0.271 e. The molecular weight excluding hydrogens is 296 g/mol. The molecule has 2 aromatic carbocycles. The van der Waals surface area contributed by atoms with Gasteiger partial charge in [-0.25, -0.2) is 4.98 Å². The molecule has 4 nitrogen and oxygen atoms in total. The summed E-state index contributed by atoms with van der Waals surface area (Å²) in [7, 11) is 0. The van der Waals surface area contributed by atoms with E-state index in [9.17, 15) is 0 Å². The lowest BCUT2D eigenvalue weighted by Crippen LogP contribution is -1.99. The Labute approximate surface area is 132 Å². The summed E-state index contributed by atoms with van der Waals surface area (Å²) in [6.45, 7) is 4.01. The van der Waals surface area contributed by atoms with Crippen LogP contribution in [0.1, 0.15) is 11.3 Å². The second-order valence-corrected chi connectivity index (χ2v) is 5.71. The van der Waals surface area contributed by atoms with Crippen molar-refractivity contribution in [3.8, 4) is 11.4 Å². The molecule has 5 heteroatoms. The van der Waals surface area contributed by atoms with Gasteiger partial charge in [-0.05, 0) is 37.6 Å². The number of halogens is 1. The van der Waals surface area contributed by atoms with E-state index in [1.165, 1.54) is 0 Å². The highest BCUT2D eigenvalue weighted by Crippen LogP contribution is 2.30. The number of rotatable bonds is 1. The van der Waals surface area contributed by atoms with E-state index in [2.05, 4.69) is 28.2 Å². The molecule has 108 valence electrons. The minimum atomic E-state index is 0.660. The van der Waals surface area contributed by atoms with E-state index in [4.69, 9.17) is 11.6 Å². The van der Waals surface area contributed by atoms with Crippen LogP contribution < -0.4 is 0 Å². The van der Waals surface area contributed by atoms with Gasteiger partial charge >= 0.3 is 0 Å². The lowest BCUT2D eigenvalue weighted by molar-refractivity contribution is 1.11. The highest BCUT2D eigenvalue weighted by Gasteiger charge is 2.16. The van der Waals surface area contributed by atoms with Crippen LogP contribution in [0.5, 0.6) is 0 Å². The largest absolute Gasteiger partial charge is 0.271 e. The number of para-hydroxylation sites is 1. The van der Waals surface area contributed by atoms with Crippen molar-refractivity contribution in [1.29, 1.82) is 0 Å². The normalized spacial score (nSPS) is 11.4. The molecule has 2 aromatic heterocycles. The number of nitrogens with zero attached hydrogens (tertiary/aromatic N) is 4. The summed E-state index contributed by atoms with van der Waals surface area (Å²) >= 11 is 6.35. The van der Waals surface area contributed by atoms with Crippen LogP contribution in [0.3, 0.4) is 0 Å². The summed E-state index contributed by atoms with van der Waals surface area (Å²) in [5, 5.41) is 9.35. The quantitative estimate of drug-likeness (QED) is 0.529. The number of hydrogen-bond donors (Lipinski definition) is 0. The number of benzene rings is 2. The Morgan fingerprint density at radius 2 is 1.77 bits per heavy atom. The molecule has 2 heterocycles. The van der Waals surface area contributed by atoms with Crippen molar-refractivity contribution in [2.24, 2.45) is 0 Å². The fourth-order valence-electron chi connectivity index (χ4n) is 2.80. The molecule has 22 heavy (non-hydrogen) atoms. The summed E-state index contributed by atoms with van der Waals surface area (Å²) < 4.78 is 2.05. The average Bonchev–Trinajstić information content (AvgIpc) is 2.93. The second kappa shape index (κ2) is 4.78. The zero-order chi connectivity index (χ0) is 15.3. The Balaban J connectivity index is 2.23. The zero-order valence-corrected chi connectivity index (χ0v) is 13.0. The van der Waals surface area contributed by atoms with Gasteiger partial charge in [0.15, 0.2) is 11.5 Å². The van der Waals surface area contributed by atoms with Crippen molar-refractivity contribution in [1.82, 2.24) is 19.6 Å². The van der Waals surface area contributed by atoms with Gasteiger partial charge in [-0.3, -0.25) is 4.40 Å². The van der Waals surface area contributed by atoms with Crippen LogP contribution in [0.25, 0.3) is 28.1 Å². The minimum absolute atomic E-state index is 0.660. The van der Waals surface area contributed by atoms with Crippen LogP contribution >= 0.6 is 11.6 Å². The maximum absolute atomic E-state index is 6.35. The first-order valence-corrected chi connectivity index (χ1v) is 7.40. The Morgan fingerprint density at radius 1 is 0.955 bits per heavy atom. The van der Waals surface area contributed by atoms with Crippen molar-refractivity contribution >= 4 is 28.3 Å². The molecule has 0 fully saturated rings. The summed E-state index contributed by atoms with van der Waals surface area (Å²) in [6, 6.07) is 13.8. The molecule has 0 saturated heterocycles. The van der Waals surface area contributed by atoms with Gasteiger partial charge in [-0.2, -0.15) is 0 Å². The molecule has 0 spiro atoms. The molecule has 0 bridgehead atoms. The monoisotopic (exact) mass is 308 g/mol. The molecule has 0 aliphatic carbocycles. The fourth-order valence-corrected chi connectivity index (χ4v) is 3.02. The van der Waals surface area contributed by atoms with E-state index >= 15 is 0 Å². The van der Waals surface area contributed by atoms with Gasteiger partial charge in [0.05, 0.1) is 21.7 Å². The number of aromatic nitrogens is 4. The summed E-state index contributed by atoms with van der Waals surface area (Å²) in [6.07, 6.45) is 0. The third-order valence-corrected chi connectivity index (χ3v) is 4.16. The fraction of sp³-hybridized carbons (Fsp3) is 0.118. The van der Waals surface area contributed by atoms with Crippen LogP contribution in [0.2, 0.25) is 5.02 Å². The SMILES string of the molecule is Cc1nc2cccc(C)c2n2c(-c3ccccc3Cl)nnc12. The smallest absolute Gasteiger partial charge is 0.183 e. The molecule has 4 aromatic rings. The van der Waals surface area contributed by atoms with E-state index in [1.54, 1.807) is 0 Å². The maximum atomic E-state index is 6.35. The molecule has 4 rings (SSSR count). The van der Waals surface area contributed by atoms with Crippen LogP contribution in [-0.4, -0.2) is 19.6 Å². The lowest BCUT2D eigenvalue weighted by Gasteiger charge is -2.09. The van der Waals surface area contributed by atoms with E-state index in [-0.39, 0.29) is 0 Å². The van der Waals surface area contributed by atoms with Crippen molar-refractivity contribution in [2.45, 2.75) is 13.8 Å². The van der Waals surface area contributed by atoms with Gasteiger partial charge in [0, 0.05) is 5.56 Å². The summed E-state index contributed by atoms with van der Waals surface area (Å²) in [4.78, 5) is 4.64. The molecule has 0 saturated carbocycles. The molecule has 0 aliphatic heterocycles. The van der Waals surface area contributed by atoms with Crippen molar-refractivity contribution in [2.75, 3.05) is 0 Å². The lowest BCUT2D eigenvalue weighted by atomic mass is 10.1. The molecule has 0 N–H and O–H groups in total. The van der Waals surface area contributed by atoms with Gasteiger partial charge in [0.2, 0.25) is 0 Å². The van der Waals surface area contributed by atoms with Crippen molar-refractivity contribution in [3.05, 3.63) is 58.7 Å². The molecular formula is C17H13ClN4. The molecule has 0 atom stereocenters. The van der Waals surface area contributed by atoms with Gasteiger partial charge in [0.1, 0.15) is 0 Å². The Bertz CT molecular complexity index is 1020. The van der Waals surface area contributed by atoms with E-state index in [0.29, 0.717) is 5.02 Å². The predicted molar refractivity (Wildman–Crippen MR) is 88.2 cm³/mol. The second-order valence-electron chi connectivity index (χ2n) is 5.30. The first-order chi connectivity index (χ1) is 10.7. The van der Waals surface area contributed by atoms with E-state index in [0.717, 1.165) is 39.3 Å². The summed E-state index contributed by atoms with van der Waals surface area (Å²) in [5.41, 5.74) is 5.55. The molecule has 0 aliphatic rings. The Kier molecular flexibility index (Phi) is 2.87. The average molecular weight is 309 g/mol. The topological polar surface area (TPSA) is 43.1 Å². The van der Waals surface area contributed by atoms with Crippen LogP contribution in [-0.2, 0) is 0 Å². The van der Waals surface area contributed by atoms with E-state index < -0.39 is 0 Å².